The van der Waals surface area contributed by atoms with Crippen molar-refractivity contribution in [3.8, 4) is 0 Å². The average molecular weight is 245 g/mol. The molecule has 0 atom stereocenters. The summed E-state index contributed by atoms with van der Waals surface area (Å²) in [6.07, 6.45) is 2.34. The van der Waals surface area contributed by atoms with E-state index in [0.717, 1.165) is 16.4 Å². The summed E-state index contributed by atoms with van der Waals surface area (Å²) in [5.41, 5.74) is 0.916. The van der Waals surface area contributed by atoms with Crippen molar-refractivity contribution in [3.05, 3.63) is 16.5 Å². The molecule has 1 N–H and O–H groups in total. The Morgan fingerprint density at radius 2 is 2.20 bits per heavy atom. The molecule has 0 aromatic carbocycles. The zero-order valence-corrected chi connectivity index (χ0v) is 10.1. The molecule has 1 aliphatic carbocycles. The van der Waals surface area contributed by atoms with E-state index in [0.29, 0.717) is 16.8 Å². The van der Waals surface area contributed by atoms with E-state index in [4.69, 9.17) is 16.7 Å². The van der Waals surface area contributed by atoms with Crippen molar-refractivity contribution in [1.82, 2.24) is 9.97 Å². The van der Waals surface area contributed by atoms with E-state index in [2.05, 4.69) is 9.97 Å². The molecule has 1 heterocycles. The van der Waals surface area contributed by atoms with E-state index >= 15 is 0 Å². The maximum Gasteiger partial charge on any atom is 0.136 e. The van der Waals surface area contributed by atoms with Crippen LogP contribution in [-0.4, -0.2) is 27.4 Å². The van der Waals surface area contributed by atoms with Gasteiger partial charge in [-0.2, -0.15) is 0 Å². The van der Waals surface area contributed by atoms with E-state index in [1.165, 1.54) is 24.6 Å². The van der Waals surface area contributed by atoms with Crippen LogP contribution < -0.4 is 0 Å². The first-order chi connectivity index (χ1) is 7.22. The maximum atomic E-state index is 8.78. The highest BCUT2D eigenvalue weighted by molar-refractivity contribution is 7.99. The van der Waals surface area contributed by atoms with Gasteiger partial charge in [0.05, 0.1) is 6.61 Å². The number of rotatable bonds is 4. The van der Waals surface area contributed by atoms with Crippen molar-refractivity contribution in [2.45, 2.75) is 30.7 Å². The highest BCUT2D eigenvalue weighted by Crippen LogP contribution is 2.39. The van der Waals surface area contributed by atoms with Gasteiger partial charge in [0.15, 0.2) is 0 Å². The maximum absolute atomic E-state index is 8.78. The van der Waals surface area contributed by atoms with Gasteiger partial charge in [-0.25, -0.2) is 9.97 Å². The van der Waals surface area contributed by atoms with E-state index in [-0.39, 0.29) is 6.61 Å². The smallest absolute Gasteiger partial charge is 0.136 e. The molecule has 0 saturated heterocycles. The Morgan fingerprint density at radius 3 is 2.80 bits per heavy atom. The van der Waals surface area contributed by atoms with Gasteiger partial charge < -0.3 is 5.11 Å². The predicted octanol–water partition coefficient (Wildman–Crippen LogP) is 2.40. The Morgan fingerprint density at radius 1 is 1.47 bits per heavy atom. The first kappa shape index (κ1) is 11.2. The van der Waals surface area contributed by atoms with Gasteiger partial charge >= 0.3 is 0 Å². The Kier molecular flexibility index (Phi) is 3.49. The number of thioether (sulfide) groups is 1. The molecule has 0 radical (unpaired) electrons. The summed E-state index contributed by atoms with van der Waals surface area (Å²) in [5.74, 6) is 2.03. The van der Waals surface area contributed by atoms with E-state index in [9.17, 15) is 0 Å². The SMILES string of the molecule is Cc1c(Cl)nc(C2CC2)nc1SCCO. The topological polar surface area (TPSA) is 46.0 Å². The minimum Gasteiger partial charge on any atom is -0.396 e. The fraction of sp³-hybridized carbons (Fsp3) is 0.600. The van der Waals surface area contributed by atoms with Crippen LogP contribution in [0.5, 0.6) is 0 Å². The molecule has 0 spiro atoms. The Labute approximate surface area is 98.3 Å². The largest absolute Gasteiger partial charge is 0.396 e. The van der Waals surface area contributed by atoms with Gasteiger partial charge in [-0.05, 0) is 19.8 Å². The molecule has 1 fully saturated rings. The third-order valence-electron chi connectivity index (χ3n) is 2.33. The van der Waals surface area contributed by atoms with E-state index < -0.39 is 0 Å². The zero-order valence-electron chi connectivity index (χ0n) is 8.53. The van der Waals surface area contributed by atoms with Crippen molar-refractivity contribution in [2.24, 2.45) is 0 Å². The van der Waals surface area contributed by atoms with Crippen molar-refractivity contribution >= 4 is 23.4 Å². The van der Waals surface area contributed by atoms with Gasteiger partial charge in [0.2, 0.25) is 0 Å². The van der Waals surface area contributed by atoms with Gasteiger partial charge in [-0.1, -0.05) is 11.6 Å². The van der Waals surface area contributed by atoms with E-state index in [1.54, 1.807) is 0 Å². The average Bonchev–Trinajstić information content (AvgIpc) is 3.03. The van der Waals surface area contributed by atoms with Crippen molar-refractivity contribution in [2.75, 3.05) is 12.4 Å². The van der Waals surface area contributed by atoms with Crippen LogP contribution in [0, 0.1) is 6.92 Å². The van der Waals surface area contributed by atoms with Crippen LogP contribution in [0.4, 0.5) is 0 Å². The number of aliphatic hydroxyl groups excluding tert-OH is 1. The van der Waals surface area contributed by atoms with Crippen LogP contribution in [-0.2, 0) is 0 Å². The monoisotopic (exact) mass is 244 g/mol. The molecule has 0 unspecified atom stereocenters. The van der Waals surface area contributed by atoms with Crippen LogP contribution in [0.2, 0.25) is 5.15 Å². The zero-order chi connectivity index (χ0) is 10.8. The van der Waals surface area contributed by atoms with Gasteiger partial charge in [0.25, 0.3) is 0 Å². The minimum atomic E-state index is 0.157. The second-order valence-electron chi connectivity index (χ2n) is 3.65. The van der Waals surface area contributed by atoms with Crippen molar-refractivity contribution < 1.29 is 5.11 Å². The number of hydrogen-bond acceptors (Lipinski definition) is 4. The number of nitrogens with zero attached hydrogens (tertiary/aromatic N) is 2. The molecular formula is C10H13ClN2OS. The van der Waals surface area contributed by atoms with Gasteiger partial charge in [-0.3, -0.25) is 0 Å². The predicted molar refractivity (Wildman–Crippen MR) is 61.6 cm³/mol. The molecule has 0 aliphatic heterocycles. The van der Waals surface area contributed by atoms with E-state index in [1.807, 2.05) is 6.92 Å². The van der Waals surface area contributed by atoms with Gasteiger partial charge in [0, 0.05) is 17.2 Å². The second-order valence-corrected chi connectivity index (χ2v) is 5.09. The van der Waals surface area contributed by atoms with Crippen molar-refractivity contribution in [1.29, 1.82) is 0 Å². The highest BCUT2D eigenvalue weighted by Gasteiger charge is 2.27. The molecule has 15 heavy (non-hydrogen) atoms. The molecule has 0 amide bonds. The summed E-state index contributed by atoms with van der Waals surface area (Å²) in [7, 11) is 0. The van der Waals surface area contributed by atoms with Crippen LogP contribution in [0.1, 0.15) is 30.1 Å². The summed E-state index contributed by atoms with van der Waals surface area (Å²) < 4.78 is 0. The molecule has 82 valence electrons. The number of aliphatic hydroxyl groups is 1. The summed E-state index contributed by atoms with van der Waals surface area (Å²) in [6.45, 7) is 2.07. The first-order valence-corrected chi connectivity index (χ1v) is 6.36. The normalized spacial score (nSPS) is 15.7. The fourth-order valence-corrected chi connectivity index (χ4v) is 2.28. The van der Waals surface area contributed by atoms with Crippen molar-refractivity contribution in [3.63, 3.8) is 0 Å². The molecular weight excluding hydrogens is 232 g/mol. The molecule has 1 aliphatic rings. The third-order valence-corrected chi connectivity index (χ3v) is 3.76. The summed E-state index contributed by atoms with van der Waals surface area (Å²) >= 11 is 7.58. The quantitative estimate of drug-likeness (QED) is 0.653. The summed E-state index contributed by atoms with van der Waals surface area (Å²) in [4.78, 5) is 8.77. The van der Waals surface area contributed by atoms with Crippen LogP contribution in [0.25, 0.3) is 0 Å². The minimum absolute atomic E-state index is 0.157. The number of hydrogen-bond donors (Lipinski definition) is 1. The molecule has 5 heteroatoms. The van der Waals surface area contributed by atoms with Crippen LogP contribution >= 0.6 is 23.4 Å². The Hall–Kier alpha value is -0.320. The molecule has 3 nitrogen and oxygen atoms in total. The van der Waals surface area contributed by atoms with Gasteiger partial charge in [0.1, 0.15) is 16.0 Å². The summed E-state index contributed by atoms with van der Waals surface area (Å²) in [6, 6.07) is 0. The number of aromatic nitrogens is 2. The number of halogens is 1. The Balaban J connectivity index is 2.25. The molecule has 2 rings (SSSR count). The second kappa shape index (κ2) is 4.68. The lowest BCUT2D eigenvalue weighted by atomic mass is 10.3. The third kappa shape index (κ3) is 2.62. The van der Waals surface area contributed by atoms with Crippen LogP contribution in [0.3, 0.4) is 0 Å². The lowest BCUT2D eigenvalue weighted by Crippen LogP contribution is -1.99. The molecule has 0 bridgehead atoms. The summed E-state index contributed by atoms with van der Waals surface area (Å²) in [5, 5.41) is 10.2. The Bertz CT molecular complexity index is 369. The van der Waals surface area contributed by atoms with Crippen LogP contribution in [0.15, 0.2) is 5.03 Å². The van der Waals surface area contributed by atoms with Gasteiger partial charge in [-0.15, -0.1) is 11.8 Å². The molecule has 1 aromatic rings. The molecule has 1 aromatic heterocycles. The first-order valence-electron chi connectivity index (χ1n) is 5.00. The molecule has 1 saturated carbocycles. The highest BCUT2D eigenvalue weighted by atomic mass is 35.5. The fourth-order valence-electron chi connectivity index (χ4n) is 1.29. The lowest BCUT2D eigenvalue weighted by molar-refractivity contribution is 0.322. The lowest BCUT2D eigenvalue weighted by Gasteiger charge is -2.07. The standard InChI is InChI=1S/C10H13ClN2OS/c1-6-8(11)12-9(7-2-3-7)13-10(6)15-5-4-14/h7,14H,2-5H2,1H3.